The Labute approximate surface area is 200 Å². The zero-order valence-corrected chi connectivity index (χ0v) is 19.8. The Morgan fingerprint density at radius 3 is 2.76 bits per heavy atom. The second kappa shape index (κ2) is 11.0. The van der Waals surface area contributed by atoms with E-state index < -0.39 is 0 Å². The summed E-state index contributed by atoms with van der Waals surface area (Å²) in [6, 6.07) is 11.9. The number of amides is 1. The van der Waals surface area contributed by atoms with E-state index in [1.165, 1.54) is 18.2 Å². The fourth-order valence-electron chi connectivity index (χ4n) is 4.09. The molecule has 4 rings (SSSR count). The van der Waals surface area contributed by atoms with Gasteiger partial charge in [-0.05, 0) is 54.3 Å². The summed E-state index contributed by atoms with van der Waals surface area (Å²) >= 11 is 0. The van der Waals surface area contributed by atoms with E-state index in [1.807, 2.05) is 18.2 Å². The second-order valence-electron chi connectivity index (χ2n) is 9.32. The Morgan fingerprint density at radius 2 is 2.09 bits per heavy atom. The van der Waals surface area contributed by atoms with Crippen LogP contribution in [-0.4, -0.2) is 57.0 Å². The van der Waals surface area contributed by atoms with E-state index in [0.717, 1.165) is 25.0 Å². The summed E-state index contributed by atoms with van der Waals surface area (Å²) in [5.74, 6) is 0.805. The van der Waals surface area contributed by atoms with Crippen molar-refractivity contribution in [1.29, 1.82) is 0 Å². The predicted octanol–water partition coefficient (Wildman–Crippen LogP) is 4.47. The molecule has 0 bridgehead atoms. The SMILES string of the molecule is COc1ccc(CN(CC2CCCO2)C(=O)/C=C/c2cccc(F)c2)cc1OCC1(C)COC1. The number of nitrogens with zero attached hydrogens (tertiary/aromatic N) is 1. The molecule has 0 N–H and O–H groups in total. The maximum atomic E-state index is 13.5. The Balaban J connectivity index is 1.49. The molecule has 6 nitrogen and oxygen atoms in total. The van der Waals surface area contributed by atoms with E-state index in [1.54, 1.807) is 30.2 Å². The van der Waals surface area contributed by atoms with Crippen LogP contribution in [0.4, 0.5) is 4.39 Å². The molecule has 2 aromatic carbocycles. The van der Waals surface area contributed by atoms with Gasteiger partial charge in [0.15, 0.2) is 11.5 Å². The number of carbonyl (C=O) groups excluding carboxylic acids is 1. The zero-order valence-electron chi connectivity index (χ0n) is 19.8. The van der Waals surface area contributed by atoms with Crippen molar-refractivity contribution in [2.24, 2.45) is 5.41 Å². The van der Waals surface area contributed by atoms with Gasteiger partial charge in [0.2, 0.25) is 5.91 Å². The summed E-state index contributed by atoms with van der Waals surface area (Å²) in [6.07, 6.45) is 5.06. The third-order valence-corrected chi connectivity index (χ3v) is 6.11. The lowest BCUT2D eigenvalue weighted by molar-refractivity contribution is -0.128. The highest BCUT2D eigenvalue weighted by atomic mass is 19.1. The fourth-order valence-corrected chi connectivity index (χ4v) is 4.09. The molecule has 1 amide bonds. The molecule has 2 heterocycles. The minimum Gasteiger partial charge on any atom is -0.493 e. The summed E-state index contributed by atoms with van der Waals surface area (Å²) in [5.41, 5.74) is 1.57. The van der Waals surface area contributed by atoms with Crippen LogP contribution >= 0.6 is 0 Å². The second-order valence-corrected chi connectivity index (χ2v) is 9.32. The highest BCUT2D eigenvalue weighted by Crippen LogP contribution is 2.33. The van der Waals surface area contributed by atoms with Crippen molar-refractivity contribution in [1.82, 2.24) is 4.90 Å². The molecule has 2 fully saturated rings. The van der Waals surface area contributed by atoms with Gasteiger partial charge in [0.1, 0.15) is 5.82 Å². The third-order valence-electron chi connectivity index (χ3n) is 6.11. The lowest BCUT2D eigenvalue weighted by Crippen LogP contribution is -2.44. The van der Waals surface area contributed by atoms with Gasteiger partial charge in [-0.3, -0.25) is 4.79 Å². The van der Waals surface area contributed by atoms with Crippen LogP contribution in [-0.2, 0) is 20.8 Å². The van der Waals surface area contributed by atoms with Crippen LogP contribution in [0.25, 0.3) is 6.08 Å². The number of hydrogen-bond donors (Lipinski definition) is 0. The van der Waals surface area contributed by atoms with E-state index in [-0.39, 0.29) is 23.2 Å². The molecule has 1 atom stereocenters. The van der Waals surface area contributed by atoms with Crippen LogP contribution in [0.5, 0.6) is 11.5 Å². The maximum Gasteiger partial charge on any atom is 0.246 e. The normalized spacial score (nSPS) is 19.1. The average Bonchev–Trinajstić information content (AvgIpc) is 3.33. The van der Waals surface area contributed by atoms with E-state index >= 15 is 0 Å². The summed E-state index contributed by atoms with van der Waals surface area (Å²) in [7, 11) is 1.61. The number of benzene rings is 2. The standard InChI is InChI=1S/C27H32FNO5/c1-27(17-32-18-27)19-34-25-14-21(8-10-24(25)31-2)15-29(16-23-7-4-12-33-23)26(30)11-9-20-5-3-6-22(28)13-20/h3,5-6,8-11,13-14,23H,4,7,12,15-19H2,1-2H3/b11-9+. The molecule has 2 saturated heterocycles. The first kappa shape index (κ1) is 24.2. The van der Waals surface area contributed by atoms with Crippen molar-refractivity contribution >= 4 is 12.0 Å². The molecule has 2 aromatic rings. The summed E-state index contributed by atoms with van der Waals surface area (Å²) < 4.78 is 36.2. The largest absolute Gasteiger partial charge is 0.493 e. The maximum absolute atomic E-state index is 13.5. The van der Waals surface area contributed by atoms with Gasteiger partial charge in [0.05, 0.1) is 33.0 Å². The van der Waals surface area contributed by atoms with Gasteiger partial charge in [0.25, 0.3) is 0 Å². The molecule has 2 aliphatic heterocycles. The van der Waals surface area contributed by atoms with Crippen molar-refractivity contribution in [2.45, 2.75) is 32.4 Å². The van der Waals surface area contributed by atoms with Gasteiger partial charge >= 0.3 is 0 Å². The number of methoxy groups -OCH3 is 1. The molecule has 0 aliphatic carbocycles. The lowest BCUT2D eigenvalue weighted by atomic mass is 9.90. The fraction of sp³-hybridized carbons (Fsp3) is 0.444. The van der Waals surface area contributed by atoms with Gasteiger partial charge in [0, 0.05) is 31.2 Å². The van der Waals surface area contributed by atoms with Crippen LogP contribution in [0.2, 0.25) is 0 Å². The van der Waals surface area contributed by atoms with Crippen molar-refractivity contribution in [3.63, 3.8) is 0 Å². The van der Waals surface area contributed by atoms with Gasteiger partial charge in [-0.1, -0.05) is 25.1 Å². The van der Waals surface area contributed by atoms with E-state index in [9.17, 15) is 9.18 Å². The highest BCUT2D eigenvalue weighted by Gasteiger charge is 2.34. The van der Waals surface area contributed by atoms with Crippen LogP contribution in [0, 0.1) is 11.2 Å². The first-order valence-corrected chi connectivity index (χ1v) is 11.7. The first-order valence-electron chi connectivity index (χ1n) is 11.7. The smallest absolute Gasteiger partial charge is 0.246 e. The topological polar surface area (TPSA) is 57.2 Å². The van der Waals surface area contributed by atoms with E-state index in [2.05, 4.69) is 6.92 Å². The molecular formula is C27H32FNO5. The molecule has 34 heavy (non-hydrogen) atoms. The van der Waals surface area contributed by atoms with Crippen LogP contribution < -0.4 is 9.47 Å². The van der Waals surface area contributed by atoms with Crippen LogP contribution in [0.1, 0.15) is 30.9 Å². The summed E-state index contributed by atoms with van der Waals surface area (Å²) in [4.78, 5) is 14.9. The molecule has 2 aliphatic rings. The molecule has 1 unspecified atom stereocenters. The highest BCUT2D eigenvalue weighted by molar-refractivity contribution is 5.91. The molecular weight excluding hydrogens is 437 g/mol. The van der Waals surface area contributed by atoms with Gasteiger partial charge in [-0.25, -0.2) is 4.39 Å². The molecule has 0 radical (unpaired) electrons. The Bertz CT molecular complexity index is 1010. The Morgan fingerprint density at radius 1 is 1.24 bits per heavy atom. The number of carbonyl (C=O) groups is 1. The van der Waals surface area contributed by atoms with Crippen LogP contribution in [0.3, 0.4) is 0 Å². The van der Waals surface area contributed by atoms with Crippen molar-refractivity contribution < 1.29 is 28.1 Å². The van der Waals surface area contributed by atoms with Gasteiger partial charge < -0.3 is 23.8 Å². The lowest BCUT2D eigenvalue weighted by Gasteiger charge is -2.37. The molecule has 0 saturated carbocycles. The van der Waals surface area contributed by atoms with Gasteiger partial charge in [-0.2, -0.15) is 0 Å². The van der Waals surface area contributed by atoms with Crippen LogP contribution in [0.15, 0.2) is 48.5 Å². The van der Waals surface area contributed by atoms with Crippen molar-refractivity contribution in [2.75, 3.05) is 40.1 Å². The molecule has 7 heteroatoms. The zero-order chi connectivity index (χ0) is 24.0. The Kier molecular flexibility index (Phi) is 7.85. The molecule has 0 aromatic heterocycles. The number of rotatable bonds is 10. The van der Waals surface area contributed by atoms with E-state index in [0.29, 0.717) is 50.0 Å². The average molecular weight is 470 g/mol. The summed E-state index contributed by atoms with van der Waals surface area (Å²) in [5, 5.41) is 0. The number of halogens is 1. The first-order chi connectivity index (χ1) is 16.4. The molecule has 0 spiro atoms. The van der Waals surface area contributed by atoms with Crippen molar-refractivity contribution in [3.05, 3.63) is 65.5 Å². The Hall–Kier alpha value is -2.90. The number of ether oxygens (including phenoxy) is 4. The predicted molar refractivity (Wildman–Crippen MR) is 127 cm³/mol. The molecule has 182 valence electrons. The minimum absolute atomic E-state index is 0.00450. The summed E-state index contributed by atoms with van der Waals surface area (Å²) in [6.45, 7) is 5.61. The van der Waals surface area contributed by atoms with E-state index in [4.69, 9.17) is 18.9 Å². The quantitative estimate of drug-likeness (QED) is 0.481. The third kappa shape index (κ3) is 6.36. The van der Waals surface area contributed by atoms with Gasteiger partial charge in [-0.15, -0.1) is 0 Å². The minimum atomic E-state index is -0.334. The number of hydrogen-bond acceptors (Lipinski definition) is 5. The van der Waals surface area contributed by atoms with Crippen molar-refractivity contribution in [3.8, 4) is 11.5 Å². The monoisotopic (exact) mass is 469 g/mol.